The van der Waals surface area contributed by atoms with Gasteiger partial charge in [0.15, 0.2) is 0 Å². The van der Waals surface area contributed by atoms with Crippen LogP contribution in [0.2, 0.25) is 0 Å². The van der Waals surface area contributed by atoms with Crippen molar-refractivity contribution in [2.75, 3.05) is 32.6 Å². The van der Waals surface area contributed by atoms with E-state index in [9.17, 15) is 14.4 Å². The predicted molar refractivity (Wildman–Crippen MR) is 109 cm³/mol. The summed E-state index contributed by atoms with van der Waals surface area (Å²) in [4.78, 5) is 39.4. The summed E-state index contributed by atoms with van der Waals surface area (Å²) >= 11 is 1.02. The maximum Gasteiger partial charge on any atom is 0.348 e. The third-order valence-corrected chi connectivity index (χ3v) is 6.38. The highest BCUT2D eigenvalue weighted by Crippen LogP contribution is 2.35. The van der Waals surface area contributed by atoms with Crippen LogP contribution >= 0.6 is 11.3 Å². The van der Waals surface area contributed by atoms with E-state index in [2.05, 4.69) is 20.9 Å². The van der Waals surface area contributed by atoms with Gasteiger partial charge in [-0.15, -0.1) is 11.3 Å². The number of nitrogens with one attached hydrogen (secondary N) is 1. The molecule has 8 nitrogen and oxygen atoms in total. The predicted octanol–water partition coefficient (Wildman–Crippen LogP) is 2.74. The molecule has 2 aromatic heterocycles. The molecular formula is C20H25N3O5S. The van der Waals surface area contributed by atoms with Crippen molar-refractivity contribution in [3.8, 4) is 0 Å². The molecule has 3 rings (SSSR count). The van der Waals surface area contributed by atoms with Crippen molar-refractivity contribution in [2.24, 2.45) is 7.05 Å². The van der Waals surface area contributed by atoms with Crippen molar-refractivity contribution in [2.45, 2.75) is 25.8 Å². The van der Waals surface area contributed by atoms with Crippen LogP contribution < -0.4 is 5.32 Å². The lowest BCUT2D eigenvalue weighted by Gasteiger charge is -2.24. The Morgan fingerprint density at radius 1 is 1.24 bits per heavy atom. The summed E-state index contributed by atoms with van der Waals surface area (Å²) in [7, 11) is 4.53. The number of thiophene rings is 1. The third-order valence-electron chi connectivity index (χ3n) is 5.20. The Kier molecular flexibility index (Phi) is 6.39. The first-order chi connectivity index (χ1) is 13.9. The summed E-state index contributed by atoms with van der Waals surface area (Å²) in [6.45, 7) is 2.65. The first kappa shape index (κ1) is 21.1. The monoisotopic (exact) mass is 419 g/mol. The number of rotatable bonds is 6. The molecule has 0 aromatic carbocycles. The van der Waals surface area contributed by atoms with Crippen molar-refractivity contribution < 1.29 is 23.9 Å². The second-order valence-electron chi connectivity index (χ2n) is 6.96. The lowest BCUT2D eigenvalue weighted by atomic mass is 10.1. The Morgan fingerprint density at radius 3 is 2.59 bits per heavy atom. The smallest absolute Gasteiger partial charge is 0.348 e. The van der Waals surface area contributed by atoms with Gasteiger partial charge in [-0.1, -0.05) is 0 Å². The molecule has 0 aliphatic carbocycles. The number of carbonyl (C=O) groups is 3. The van der Waals surface area contributed by atoms with E-state index >= 15 is 0 Å². The van der Waals surface area contributed by atoms with Crippen LogP contribution in [-0.2, 0) is 21.3 Å². The first-order valence-electron chi connectivity index (χ1n) is 9.32. The standard InChI is InChI=1S/C20H25N3O5S/c1-12-16(19(25)27-3)18(29-17(12)20(26)28-4)21-15(24)11-23-10-6-8-14(23)13-7-5-9-22(13)2/h5,7,9,14H,6,8,10-11H2,1-4H3,(H,21,24)/t14-/m0/s1. The molecule has 0 radical (unpaired) electrons. The van der Waals surface area contributed by atoms with E-state index in [1.165, 1.54) is 19.9 Å². The number of anilines is 1. The summed E-state index contributed by atoms with van der Waals surface area (Å²) in [5, 5.41) is 3.10. The van der Waals surface area contributed by atoms with Gasteiger partial charge in [0.2, 0.25) is 5.91 Å². The fraction of sp³-hybridized carbons (Fsp3) is 0.450. The van der Waals surface area contributed by atoms with Gasteiger partial charge in [-0.2, -0.15) is 0 Å². The minimum absolute atomic E-state index is 0.177. The van der Waals surface area contributed by atoms with Crippen LogP contribution in [0.4, 0.5) is 5.00 Å². The lowest BCUT2D eigenvalue weighted by Crippen LogP contribution is -2.33. The van der Waals surface area contributed by atoms with E-state index in [-0.39, 0.29) is 28.9 Å². The molecular weight excluding hydrogens is 394 g/mol. The number of ether oxygens (including phenoxy) is 2. The number of likely N-dealkylation sites (tertiary alicyclic amines) is 1. The number of hydrogen-bond acceptors (Lipinski definition) is 7. The van der Waals surface area contributed by atoms with Crippen molar-refractivity contribution in [3.05, 3.63) is 40.0 Å². The number of carbonyl (C=O) groups excluding carboxylic acids is 3. The Balaban J connectivity index is 1.79. The number of nitrogens with zero attached hydrogens (tertiary/aromatic N) is 2. The van der Waals surface area contributed by atoms with Gasteiger partial charge in [-0.3, -0.25) is 9.69 Å². The van der Waals surface area contributed by atoms with Gasteiger partial charge in [-0.25, -0.2) is 9.59 Å². The fourth-order valence-corrected chi connectivity index (χ4v) is 4.89. The first-order valence-corrected chi connectivity index (χ1v) is 10.1. The molecule has 156 valence electrons. The normalized spacial score (nSPS) is 16.6. The SMILES string of the molecule is COC(=O)c1sc(NC(=O)CN2CCC[C@H]2c2cccn2C)c(C(=O)OC)c1C. The van der Waals surface area contributed by atoms with E-state index in [1.807, 2.05) is 19.3 Å². The van der Waals surface area contributed by atoms with Gasteiger partial charge in [0, 0.05) is 18.9 Å². The van der Waals surface area contributed by atoms with Crippen LogP contribution in [0.3, 0.4) is 0 Å². The quantitative estimate of drug-likeness (QED) is 0.724. The molecule has 1 aliphatic rings. The summed E-state index contributed by atoms with van der Waals surface area (Å²) in [6, 6.07) is 4.25. The molecule has 1 amide bonds. The summed E-state index contributed by atoms with van der Waals surface area (Å²) in [6.07, 6.45) is 4.00. The summed E-state index contributed by atoms with van der Waals surface area (Å²) in [5.41, 5.74) is 1.80. The van der Waals surface area contributed by atoms with Crippen LogP contribution in [-0.4, -0.2) is 54.6 Å². The van der Waals surface area contributed by atoms with Crippen LogP contribution in [0.15, 0.2) is 18.3 Å². The third kappa shape index (κ3) is 4.20. The van der Waals surface area contributed by atoms with Crippen LogP contribution in [0, 0.1) is 6.92 Å². The molecule has 0 bridgehead atoms. The van der Waals surface area contributed by atoms with Gasteiger partial charge in [0.05, 0.1) is 32.4 Å². The van der Waals surface area contributed by atoms with E-state index < -0.39 is 11.9 Å². The van der Waals surface area contributed by atoms with Gasteiger partial charge < -0.3 is 19.4 Å². The van der Waals surface area contributed by atoms with Gasteiger partial charge >= 0.3 is 11.9 Å². The molecule has 0 saturated carbocycles. The summed E-state index contributed by atoms with van der Waals surface area (Å²) < 4.78 is 11.7. The Bertz CT molecular complexity index is 933. The Hall–Kier alpha value is -2.65. The molecule has 0 spiro atoms. The molecule has 1 saturated heterocycles. The van der Waals surface area contributed by atoms with Crippen molar-refractivity contribution in [3.63, 3.8) is 0 Å². The lowest BCUT2D eigenvalue weighted by molar-refractivity contribution is -0.117. The van der Waals surface area contributed by atoms with E-state index in [4.69, 9.17) is 9.47 Å². The Labute approximate surface area is 173 Å². The van der Waals surface area contributed by atoms with Crippen molar-refractivity contribution in [1.29, 1.82) is 0 Å². The van der Waals surface area contributed by atoms with Gasteiger partial charge in [0.1, 0.15) is 9.88 Å². The minimum Gasteiger partial charge on any atom is -0.465 e. The molecule has 1 aliphatic heterocycles. The summed E-state index contributed by atoms with van der Waals surface area (Å²) in [5.74, 6) is -1.40. The molecule has 29 heavy (non-hydrogen) atoms. The molecule has 0 unspecified atom stereocenters. The number of methoxy groups -OCH3 is 2. The van der Waals surface area contributed by atoms with Crippen molar-refractivity contribution in [1.82, 2.24) is 9.47 Å². The van der Waals surface area contributed by atoms with Gasteiger partial charge in [0.25, 0.3) is 0 Å². The zero-order valence-corrected chi connectivity index (χ0v) is 17.8. The minimum atomic E-state index is -0.605. The van der Waals surface area contributed by atoms with Crippen LogP contribution in [0.1, 0.15) is 50.2 Å². The fourth-order valence-electron chi connectivity index (χ4n) is 3.76. The zero-order chi connectivity index (χ0) is 21.1. The highest BCUT2D eigenvalue weighted by atomic mass is 32.1. The van der Waals surface area contributed by atoms with Crippen LogP contribution in [0.5, 0.6) is 0 Å². The average Bonchev–Trinajstić information content (AvgIpc) is 3.39. The van der Waals surface area contributed by atoms with E-state index in [1.54, 1.807) is 6.92 Å². The highest BCUT2D eigenvalue weighted by Gasteiger charge is 2.31. The highest BCUT2D eigenvalue weighted by molar-refractivity contribution is 7.18. The van der Waals surface area contributed by atoms with E-state index in [0.717, 1.165) is 30.7 Å². The zero-order valence-electron chi connectivity index (χ0n) is 17.0. The topological polar surface area (TPSA) is 89.9 Å². The molecule has 1 atom stereocenters. The number of esters is 2. The van der Waals surface area contributed by atoms with Crippen molar-refractivity contribution >= 4 is 34.2 Å². The second kappa shape index (κ2) is 8.79. The van der Waals surface area contributed by atoms with Crippen LogP contribution in [0.25, 0.3) is 0 Å². The maximum absolute atomic E-state index is 12.8. The Morgan fingerprint density at radius 2 is 1.97 bits per heavy atom. The molecule has 2 aromatic rings. The average molecular weight is 420 g/mol. The molecule has 3 heterocycles. The number of hydrogen-bond donors (Lipinski definition) is 1. The maximum atomic E-state index is 12.8. The molecule has 1 N–H and O–H groups in total. The molecule has 1 fully saturated rings. The second-order valence-corrected chi connectivity index (χ2v) is 7.98. The molecule has 9 heteroatoms. The number of amides is 1. The van der Waals surface area contributed by atoms with E-state index in [0.29, 0.717) is 10.6 Å². The number of aromatic nitrogens is 1. The number of aryl methyl sites for hydroxylation is 1. The largest absolute Gasteiger partial charge is 0.465 e. The van der Waals surface area contributed by atoms with Gasteiger partial charge in [-0.05, 0) is 44.0 Å².